The summed E-state index contributed by atoms with van der Waals surface area (Å²) in [5, 5.41) is 4.94. The molecule has 1 amide bonds. The lowest BCUT2D eigenvalue weighted by atomic mass is 9.91. The Morgan fingerprint density at radius 2 is 1.84 bits per heavy atom. The van der Waals surface area contributed by atoms with Gasteiger partial charge in [0.25, 0.3) is 5.84 Å². The minimum absolute atomic E-state index is 0.0612. The SMILES string of the molecule is O=C(CCl)Nc1ccc(C2=C3C=CC(=[N+]4CCCC4)N3[B]n3c2ccc3N2C=C(C3CCCC3)NN2)cc1. The second-order valence-corrected chi connectivity index (χ2v) is 10.8. The molecule has 38 heavy (non-hydrogen) atoms. The Kier molecular flexibility index (Phi) is 6.05. The van der Waals surface area contributed by atoms with Gasteiger partial charge in [0, 0.05) is 40.8 Å². The van der Waals surface area contributed by atoms with Crippen molar-refractivity contribution in [3.63, 3.8) is 0 Å². The Labute approximate surface area is 228 Å². The molecule has 193 valence electrons. The van der Waals surface area contributed by atoms with Gasteiger partial charge in [-0.1, -0.05) is 25.0 Å². The van der Waals surface area contributed by atoms with Crippen LogP contribution in [0.2, 0.25) is 0 Å². The molecule has 0 unspecified atom stereocenters. The third-order valence-corrected chi connectivity index (χ3v) is 8.42. The van der Waals surface area contributed by atoms with Crippen LogP contribution in [0.5, 0.6) is 0 Å². The van der Waals surface area contributed by atoms with Crippen molar-refractivity contribution >= 4 is 48.0 Å². The van der Waals surface area contributed by atoms with Crippen LogP contribution in [-0.4, -0.2) is 52.1 Å². The van der Waals surface area contributed by atoms with Crippen LogP contribution in [0.15, 0.2) is 66.1 Å². The van der Waals surface area contributed by atoms with Gasteiger partial charge >= 0.3 is 7.55 Å². The summed E-state index contributed by atoms with van der Waals surface area (Å²) in [5.74, 6) is 2.61. The number of carbonyl (C=O) groups excluding carboxylic acids is 1. The normalized spacial score (nSPS) is 20.6. The number of hydrogen-bond donors (Lipinski definition) is 3. The van der Waals surface area contributed by atoms with E-state index in [1.165, 1.54) is 50.1 Å². The number of hydrogen-bond acceptors (Lipinski definition) is 4. The summed E-state index contributed by atoms with van der Waals surface area (Å²) in [6.45, 7) is 2.16. The van der Waals surface area contributed by atoms with E-state index in [4.69, 9.17) is 11.6 Å². The molecule has 2 aromatic rings. The first-order valence-corrected chi connectivity index (χ1v) is 14.1. The minimum Gasteiger partial charge on any atom is -0.329 e. The largest absolute Gasteiger partial charge is 0.553 e. The molecule has 1 saturated carbocycles. The average molecular weight is 528 g/mol. The van der Waals surface area contributed by atoms with Crippen LogP contribution in [0.1, 0.15) is 49.8 Å². The fourth-order valence-electron chi connectivity index (χ4n) is 6.28. The van der Waals surface area contributed by atoms with Crippen LogP contribution in [-0.2, 0) is 4.79 Å². The number of nitrogens with zero attached hydrogens (tertiary/aromatic N) is 4. The average Bonchev–Trinajstić information content (AvgIpc) is 3.77. The molecule has 1 saturated heterocycles. The molecule has 2 fully saturated rings. The lowest BCUT2D eigenvalue weighted by molar-refractivity contribution is -0.508. The van der Waals surface area contributed by atoms with Gasteiger partial charge in [0.1, 0.15) is 17.4 Å². The van der Waals surface area contributed by atoms with Crippen molar-refractivity contribution in [1.82, 2.24) is 20.2 Å². The van der Waals surface area contributed by atoms with Gasteiger partial charge in [-0.2, -0.15) is 0 Å². The maximum absolute atomic E-state index is 11.8. The Hall–Kier alpha value is -3.43. The Morgan fingerprint density at radius 1 is 1.05 bits per heavy atom. The first-order valence-electron chi connectivity index (χ1n) is 13.6. The number of fused-ring (bicyclic) bond motifs is 2. The van der Waals surface area contributed by atoms with Gasteiger partial charge in [-0.05, 0) is 61.6 Å². The fraction of sp³-hybridized carbons (Fsp3) is 0.357. The van der Waals surface area contributed by atoms with E-state index in [1.54, 1.807) is 0 Å². The summed E-state index contributed by atoms with van der Waals surface area (Å²) < 4.78 is 4.75. The number of benzene rings is 1. The van der Waals surface area contributed by atoms with Crippen molar-refractivity contribution in [2.45, 2.75) is 38.5 Å². The van der Waals surface area contributed by atoms with E-state index in [2.05, 4.69) is 85.3 Å². The predicted molar refractivity (Wildman–Crippen MR) is 151 cm³/mol. The van der Waals surface area contributed by atoms with E-state index >= 15 is 0 Å². The number of anilines is 2. The van der Waals surface area contributed by atoms with E-state index in [-0.39, 0.29) is 11.8 Å². The van der Waals surface area contributed by atoms with E-state index in [0.717, 1.165) is 47.1 Å². The molecule has 1 aliphatic carbocycles. The first-order chi connectivity index (χ1) is 18.7. The zero-order chi connectivity index (χ0) is 25.6. The van der Waals surface area contributed by atoms with Gasteiger partial charge in [0.15, 0.2) is 0 Å². The van der Waals surface area contributed by atoms with Crippen LogP contribution in [0.3, 0.4) is 0 Å². The third-order valence-electron chi connectivity index (χ3n) is 8.18. The van der Waals surface area contributed by atoms with Crippen LogP contribution < -0.4 is 21.3 Å². The predicted octanol–water partition coefficient (Wildman–Crippen LogP) is 3.76. The van der Waals surface area contributed by atoms with Crippen molar-refractivity contribution in [1.29, 1.82) is 0 Å². The number of alkyl halides is 1. The van der Waals surface area contributed by atoms with Gasteiger partial charge < -0.3 is 15.2 Å². The molecule has 0 bridgehead atoms. The number of carbonyl (C=O) groups is 1. The Bertz CT molecular complexity index is 1390. The highest BCUT2D eigenvalue weighted by Crippen LogP contribution is 2.39. The lowest BCUT2D eigenvalue weighted by Gasteiger charge is -2.27. The monoisotopic (exact) mass is 527 g/mol. The van der Waals surface area contributed by atoms with E-state index < -0.39 is 0 Å². The Morgan fingerprint density at radius 3 is 2.61 bits per heavy atom. The number of aromatic nitrogens is 1. The van der Waals surface area contributed by atoms with Crippen LogP contribution in [0.4, 0.5) is 11.5 Å². The molecule has 3 N–H and O–H groups in total. The van der Waals surface area contributed by atoms with Crippen molar-refractivity contribution in [3.8, 4) is 0 Å². The number of amides is 1. The summed E-state index contributed by atoms with van der Waals surface area (Å²) in [5.41, 5.74) is 13.4. The molecule has 1 radical (unpaired) electrons. The molecule has 0 spiro atoms. The molecule has 5 aliphatic rings. The molecule has 1 aromatic carbocycles. The highest BCUT2D eigenvalue weighted by atomic mass is 35.5. The van der Waals surface area contributed by atoms with Crippen LogP contribution >= 0.6 is 11.6 Å². The molecular formula is C28H31BClN7O+. The van der Waals surface area contributed by atoms with Gasteiger partial charge in [-0.25, -0.2) is 5.01 Å². The number of nitrogens with one attached hydrogen (secondary N) is 3. The summed E-state index contributed by atoms with van der Waals surface area (Å²) >= 11 is 5.68. The van der Waals surface area contributed by atoms with Crippen molar-refractivity contribution < 1.29 is 9.37 Å². The summed E-state index contributed by atoms with van der Waals surface area (Å²) in [4.78, 5) is 14.1. The van der Waals surface area contributed by atoms with Crippen LogP contribution in [0, 0.1) is 5.92 Å². The molecule has 5 heterocycles. The quantitative estimate of drug-likeness (QED) is 0.314. The van der Waals surface area contributed by atoms with Gasteiger partial charge in [-0.15, -0.1) is 17.1 Å². The minimum atomic E-state index is -0.210. The molecule has 4 aliphatic heterocycles. The molecule has 8 nitrogen and oxygen atoms in total. The summed E-state index contributed by atoms with van der Waals surface area (Å²) in [6.07, 6.45) is 14.2. The molecule has 7 rings (SSSR count). The Balaban J connectivity index is 1.29. The van der Waals surface area contributed by atoms with E-state index in [1.807, 2.05) is 12.1 Å². The number of halogens is 1. The summed E-state index contributed by atoms with van der Waals surface area (Å²) in [7, 11) is 2.22. The molecule has 1 aromatic heterocycles. The number of amidine groups is 1. The smallest absolute Gasteiger partial charge is 0.329 e. The molecule has 10 heteroatoms. The summed E-state index contributed by atoms with van der Waals surface area (Å²) in [6, 6.07) is 12.4. The van der Waals surface area contributed by atoms with Crippen molar-refractivity contribution in [2.24, 2.45) is 5.92 Å². The van der Waals surface area contributed by atoms with Gasteiger partial charge in [0.2, 0.25) is 5.91 Å². The lowest BCUT2D eigenvalue weighted by Crippen LogP contribution is -2.44. The fourth-order valence-corrected chi connectivity index (χ4v) is 6.35. The number of rotatable bonds is 5. The zero-order valence-corrected chi connectivity index (χ0v) is 22.0. The van der Waals surface area contributed by atoms with Crippen molar-refractivity contribution in [2.75, 3.05) is 29.3 Å². The number of hydrazine groups is 2. The van der Waals surface area contributed by atoms with Gasteiger partial charge in [-0.3, -0.25) is 14.2 Å². The highest BCUT2D eigenvalue weighted by molar-refractivity contribution is 6.41. The number of allylic oxidation sites excluding steroid dienone is 2. The third kappa shape index (κ3) is 4.05. The maximum atomic E-state index is 11.8. The zero-order valence-electron chi connectivity index (χ0n) is 21.3. The second kappa shape index (κ2) is 9.71. The van der Waals surface area contributed by atoms with E-state index in [9.17, 15) is 4.79 Å². The second-order valence-electron chi connectivity index (χ2n) is 10.5. The standard InChI is InChI=1S/C28H30BClN7O/c30-17-25(38)31-21-9-7-20(8-10-21)28-23-11-13-26(34-15-3-4-16-34)36(23)29-37-24(28)12-14-27(37)35-18-22(32-33-35)19-5-1-2-6-19/h7-14,18-19,32-33H,1-6,15-17H2/p+1. The van der Waals surface area contributed by atoms with Crippen molar-refractivity contribution in [3.05, 3.63) is 77.4 Å². The van der Waals surface area contributed by atoms with Crippen LogP contribution in [0.25, 0.3) is 5.57 Å². The van der Waals surface area contributed by atoms with Gasteiger partial charge in [0.05, 0.1) is 13.1 Å². The maximum Gasteiger partial charge on any atom is 0.553 e. The topological polar surface area (TPSA) is 67.6 Å². The molecular weight excluding hydrogens is 497 g/mol. The molecule has 0 atom stereocenters. The highest BCUT2D eigenvalue weighted by Gasteiger charge is 2.41. The van der Waals surface area contributed by atoms with E-state index in [0.29, 0.717) is 5.92 Å². The first kappa shape index (κ1) is 23.7.